The molecule has 1 unspecified atom stereocenters. The van der Waals surface area contributed by atoms with Crippen LogP contribution in [0.4, 0.5) is 5.69 Å². The Morgan fingerprint density at radius 1 is 0.929 bits per heavy atom. The number of anilines is 1. The summed E-state index contributed by atoms with van der Waals surface area (Å²) in [5.41, 5.74) is 1.71. The average Bonchev–Trinajstić information content (AvgIpc) is 2.69. The summed E-state index contributed by atoms with van der Waals surface area (Å²) in [5, 5.41) is 6.35. The Bertz CT molecular complexity index is 732. The molecule has 2 aromatic carbocycles. The van der Waals surface area contributed by atoms with Crippen molar-refractivity contribution in [1.29, 1.82) is 0 Å². The molecule has 0 radical (unpaired) electrons. The van der Waals surface area contributed by atoms with Gasteiger partial charge in [0.05, 0.1) is 13.2 Å². The molecule has 28 heavy (non-hydrogen) atoms. The predicted molar refractivity (Wildman–Crippen MR) is 114 cm³/mol. The molecule has 0 saturated heterocycles. The Morgan fingerprint density at radius 2 is 1.57 bits per heavy atom. The van der Waals surface area contributed by atoms with E-state index in [0.29, 0.717) is 19.0 Å². The van der Waals surface area contributed by atoms with Crippen molar-refractivity contribution >= 4 is 11.6 Å². The summed E-state index contributed by atoms with van der Waals surface area (Å²) in [5.74, 6) is 1.35. The molecule has 1 amide bonds. The van der Waals surface area contributed by atoms with E-state index in [1.54, 1.807) is 0 Å². The van der Waals surface area contributed by atoms with E-state index in [1.165, 1.54) is 0 Å². The highest BCUT2D eigenvalue weighted by molar-refractivity contribution is 5.86. The summed E-state index contributed by atoms with van der Waals surface area (Å²) in [6.07, 6.45) is 1.84. The molecule has 2 N–H and O–H groups in total. The molecule has 5 heteroatoms. The van der Waals surface area contributed by atoms with Crippen LogP contribution in [-0.4, -0.2) is 25.2 Å². The summed E-state index contributed by atoms with van der Waals surface area (Å²) < 4.78 is 11.7. The monoisotopic (exact) mass is 384 g/mol. The molecular weight excluding hydrogens is 352 g/mol. The van der Waals surface area contributed by atoms with Gasteiger partial charge in [0.15, 0.2) is 11.5 Å². The predicted octanol–water partition coefficient (Wildman–Crippen LogP) is 4.94. The van der Waals surface area contributed by atoms with Crippen molar-refractivity contribution in [3.8, 4) is 11.5 Å². The maximum absolute atomic E-state index is 12.8. The number of carbonyl (C=O) groups is 1. The number of carbonyl (C=O) groups excluding carboxylic acids is 1. The first-order valence-electron chi connectivity index (χ1n) is 10.1. The first-order chi connectivity index (χ1) is 13.5. The van der Waals surface area contributed by atoms with Gasteiger partial charge in [-0.1, -0.05) is 44.2 Å². The third-order valence-corrected chi connectivity index (χ3v) is 4.00. The van der Waals surface area contributed by atoms with E-state index >= 15 is 0 Å². The summed E-state index contributed by atoms with van der Waals surface area (Å²) in [7, 11) is 0. The minimum atomic E-state index is -0.495. The zero-order valence-corrected chi connectivity index (χ0v) is 17.3. The van der Waals surface area contributed by atoms with Crippen molar-refractivity contribution in [3.05, 3.63) is 54.1 Å². The van der Waals surface area contributed by atoms with Crippen LogP contribution in [0.2, 0.25) is 0 Å². The fourth-order valence-electron chi connectivity index (χ4n) is 2.73. The maximum atomic E-state index is 12.8. The van der Waals surface area contributed by atoms with Gasteiger partial charge in [-0.05, 0) is 44.4 Å². The van der Waals surface area contributed by atoms with Crippen LogP contribution in [0.15, 0.2) is 48.5 Å². The Morgan fingerprint density at radius 3 is 2.18 bits per heavy atom. The van der Waals surface area contributed by atoms with Gasteiger partial charge in [0.2, 0.25) is 5.91 Å². The number of hydrogen-bond acceptors (Lipinski definition) is 4. The second-order valence-electron chi connectivity index (χ2n) is 7.01. The van der Waals surface area contributed by atoms with Crippen LogP contribution >= 0.6 is 0 Å². The maximum Gasteiger partial charge on any atom is 0.247 e. The van der Waals surface area contributed by atoms with Gasteiger partial charge in [0.25, 0.3) is 0 Å². The van der Waals surface area contributed by atoms with E-state index in [0.717, 1.165) is 29.8 Å². The zero-order chi connectivity index (χ0) is 20.4. The minimum Gasteiger partial charge on any atom is -0.490 e. The van der Waals surface area contributed by atoms with E-state index in [1.807, 2.05) is 62.4 Å². The number of benzene rings is 2. The molecule has 0 aliphatic rings. The molecule has 2 rings (SSSR count). The lowest BCUT2D eigenvalue weighted by molar-refractivity contribution is -0.122. The van der Waals surface area contributed by atoms with Gasteiger partial charge >= 0.3 is 0 Å². The molecule has 0 spiro atoms. The topological polar surface area (TPSA) is 59.6 Å². The molecule has 0 aromatic heterocycles. The first kappa shape index (κ1) is 21.6. The number of amides is 1. The standard InChI is InChI=1S/C23H32N2O3/c1-5-14-27-20-13-12-19(16-21(20)28-15-6-2)25-22(23(26)24-17(3)4)18-10-8-7-9-11-18/h7-13,16-17,22,25H,5-6,14-15H2,1-4H3,(H,24,26). The van der Waals surface area contributed by atoms with Gasteiger partial charge < -0.3 is 20.1 Å². The molecule has 0 heterocycles. The Balaban J connectivity index is 2.28. The summed E-state index contributed by atoms with van der Waals surface area (Å²) in [6, 6.07) is 15.0. The third-order valence-electron chi connectivity index (χ3n) is 4.00. The van der Waals surface area contributed by atoms with Crippen LogP contribution in [0.25, 0.3) is 0 Å². The second-order valence-corrected chi connectivity index (χ2v) is 7.01. The minimum absolute atomic E-state index is 0.0637. The summed E-state index contributed by atoms with van der Waals surface area (Å²) in [6.45, 7) is 9.30. The van der Waals surface area contributed by atoms with Gasteiger partial charge in [-0.25, -0.2) is 0 Å². The Hall–Kier alpha value is -2.69. The third kappa shape index (κ3) is 6.48. The van der Waals surface area contributed by atoms with Crippen LogP contribution in [-0.2, 0) is 4.79 Å². The van der Waals surface area contributed by atoms with E-state index in [2.05, 4.69) is 24.5 Å². The average molecular weight is 385 g/mol. The highest BCUT2D eigenvalue weighted by atomic mass is 16.5. The lowest BCUT2D eigenvalue weighted by Crippen LogP contribution is -2.37. The van der Waals surface area contributed by atoms with E-state index in [-0.39, 0.29) is 11.9 Å². The van der Waals surface area contributed by atoms with Gasteiger partial charge in [-0.3, -0.25) is 4.79 Å². The molecule has 0 aliphatic carbocycles. The zero-order valence-electron chi connectivity index (χ0n) is 17.3. The van der Waals surface area contributed by atoms with E-state index < -0.39 is 6.04 Å². The van der Waals surface area contributed by atoms with Crippen molar-refractivity contribution in [2.45, 2.75) is 52.6 Å². The van der Waals surface area contributed by atoms with Gasteiger partial charge in [-0.15, -0.1) is 0 Å². The number of hydrogen-bond donors (Lipinski definition) is 2. The Kier molecular flexibility index (Phi) is 8.66. The van der Waals surface area contributed by atoms with Crippen LogP contribution in [0, 0.1) is 0 Å². The SMILES string of the molecule is CCCOc1ccc(NC(C(=O)NC(C)C)c2ccccc2)cc1OCCC. The normalized spacial score (nSPS) is 11.8. The van der Waals surface area contributed by atoms with Gasteiger partial charge in [-0.2, -0.15) is 0 Å². The summed E-state index contributed by atoms with van der Waals surface area (Å²) >= 11 is 0. The van der Waals surface area contributed by atoms with Crippen molar-refractivity contribution in [2.75, 3.05) is 18.5 Å². The molecule has 2 aromatic rings. The molecule has 0 fully saturated rings. The largest absolute Gasteiger partial charge is 0.490 e. The smallest absolute Gasteiger partial charge is 0.247 e. The van der Waals surface area contributed by atoms with Crippen molar-refractivity contribution in [1.82, 2.24) is 5.32 Å². The lowest BCUT2D eigenvalue weighted by Gasteiger charge is -2.22. The van der Waals surface area contributed by atoms with Gasteiger partial charge in [0, 0.05) is 17.8 Å². The van der Waals surface area contributed by atoms with Crippen LogP contribution < -0.4 is 20.1 Å². The number of ether oxygens (including phenoxy) is 2. The van der Waals surface area contributed by atoms with Crippen LogP contribution in [0.5, 0.6) is 11.5 Å². The van der Waals surface area contributed by atoms with Gasteiger partial charge in [0.1, 0.15) is 6.04 Å². The quantitative estimate of drug-likeness (QED) is 0.576. The molecular formula is C23H32N2O3. The first-order valence-corrected chi connectivity index (χ1v) is 10.1. The van der Waals surface area contributed by atoms with E-state index in [9.17, 15) is 4.79 Å². The van der Waals surface area contributed by atoms with Crippen molar-refractivity contribution < 1.29 is 14.3 Å². The number of rotatable bonds is 11. The molecule has 0 aliphatic heterocycles. The molecule has 5 nitrogen and oxygen atoms in total. The van der Waals surface area contributed by atoms with Crippen molar-refractivity contribution in [2.24, 2.45) is 0 Å². The van der Waals surface area contributed by atoms with E-state index in [4.69, 9.17) is 9.47 Å². The lowest BCUT2D eigenvalue weighted by atomic mass is 10.1. The van der Waals surface area contributed by atoms with Crippen LogP contribution in [0.3, 0.4) is 0 Å². The molecule has 0 bridgehead atoms. The fourth-order valence-corrected chi connectivity index (χ4v) is 2.73. The van der Waals surface area contributed by atoms with Crippen molar-refractivity contribution in [3.63, 3.8) is 0 Å². The number of nitrogens with one attached hydrogen (secondary N) is 2. The highest BCUT2D eigenvalue weighted by Crippen LogP contribution is 2.32. The Labute approximate surface area is 168 Å². The molecule has 0 saturated carbocycles. The second kappa shape index (κ2) is 11.2. The summed E-state index contributed by atoms with van der Waals surface area (Å²) in [4.78, 5) is 12.8. The molecule has 1 atom stereocenters. The highest BCUT2D eigenvalue weighted by Gasteiger charge is 2.21. The molecule has 152 valence electrons. The van der Waals surface area contributed by atoms with Crippen LogP contribution in [0.1, 0.15) is 52.1 Å². The fraction of sp³-hybridized carbons (Fsp3) is 0.435.